The van der Waals surface area contributed by atoms with Crippen molar-refractivity contribution in [1.29, 1.82) is 0 Å². The lowest BCUT2D eigenvalue weighted by atomic mass is 10.1. The molecule has 2 heterocycles. The van der Waals surface area contributed by atoms with Crippen molar-refractivity contribution in [3.05, 3.63) is 29.8 Å². The second-order valence-electron chi connectivity index (χ2n) is 4.23. The first-order valence-electron chi connectivity index (χ1n) is 5.64. The van der Waals surface area contributed by atoms with Gasteiger partial charge >= 0.3 is 5.91 Å². The predicted octanol–water partition coefficient (Wildman–Crippen LogP) is 1.26. The summed E-state index contributed by atoms with van der Waals surface area (Å²) in [6.07, 6.45) is 0. The van der Waals surface area contributed by atoms with E-state index in [0.29, 0.717) is 5.84 Å². The lowest BCUT2D eigenvalue weighted by molar-refractivity contribution is -0.111. The number of nitrogens with zero attached hydrogens (tertiary/aromatic N) is 6. The van der Waals surface area contributed by atoms with Crippen LogP contribution in [-0.4, -0.2) is 37.4 Å². The standard InChI is InChI=1S/C12H10N6O/c1-18(2)8-6-4-3-5-7(8)10-13-11-9(12(19)14-10)15-17-16-11/h3-6H,1-2H3. The Bertz CT molecular complexity index is 683. The molecule has 3 rings (SSSR count). The van der Waals surface area contributed by atoms with E-state index in [2.05, 4.69) is 25.4 Å². The summed E-state index contributed by atoms with van der Waals surface area (Å²) in [6, 6.07) is 7.58. The van der Waals surface area contributed by atoms with Crippen LogP contribution in [0.4, 0.5) is 5.69 Å². The van der Waals surface area contributed by atoms with Crippen molar-refractivity contribution in [2.75, 3.05) is 19.0 Å². The molecule has 7 heteroatoms. The van der Waals surface area contributed by atoms with E-state index in [4.69, 9.17) is 0 Å². The molecule has 0 aromatic heterocycles. The minimum absolute atomic E-state index is 0.103. The van der Waals surface area contributed by atoms with Crippen molar-refractivity contribution in [2.45, 2.75) is 0 Å². The lowest BCUT2D eigenvalue weighted by Gasteiger charge is -2.17. The van der Waals surface area contributed by atoms with Crippen molar-refractivity contribution in [3.8, 4) is 0 Å². The number of aliphatic imine (C=N–C) groups is 2. The van der Waals surface area contributed by atoms with Gasteiger partial charge in [0.25, 0.3) is 0 Å². The Hall–Kier alpha value is -2.70. The summed E-state index contributed by atoms with van der Waals surface area (Å²) in [6.45, 7) is 0. The number of carbonyl (C=O) groups excluding carboxylic acids is 1. The first-order chi connectivity index (χ1) is 9.16. The first kappa shape index (κ1) is 11.4. The van der Waals surface area contributed by atoms with Crippen LogP contribution in [0.5, 0.6) is 0 Å². The summed E-state index contributed by atoms with van der Waals surface area (Å²) in [5, 5.41) is 10.8. The SMILES string of the molecule is CN(C)c1ccccc1C1=NC(=O)C2=NN=NC2=N1. The van der Waals surface area contributed by atoms with Gasteiger partial charge in [0.1, 0.15) is 0 Å². The number of anilines is 1. The maximum atomic E-state index is 11.8. The first-order valence-corrected chi connectivity index (χ1v) is 5.64. The molecule has 1 aromatic carbocycles. The van der Waals surface area contributed by atoms with Crippen LogP contribution in [0.15, 0.2) is 49.7 Å². The molecule has 19 heavy (non-hydrogen) atoms. The Kier molecular flexibility index (Phi) is 2.52. The number of hydrogen-bond donors (Lipinski definition) is 0. The molecule has 2 aliphatic heterocycles. The fourth-order valence-corrected chi connectivity index (χ4v) is 1.86. The maximum absolute atomic E-state index is 11.8. The van der Waals surface area contributed by atoms with Gasteiger partial charge in [-0.1, -0.05) is 12.1 Å². The van der Waals surface area contributed by atoms with Gasteiger partial charge in [-0.2, -0.15) is 4.99 Å². The molecule has 1 aromatic rings. The molecule has 0 bridgehead atoms. The monoisotopic (exact) mass is 254 g/mol. The van der Waals surface area contributed by atoms with Crippen molar-refractivity contribution in [1.82, 2.24) is 0 Å². The zero-order valence-corrected chi connectivity index (χ0v) is 10.4. The van der Waals surface area contributed by atoms with E-state index in [1.807, 2.05) is 43.3 Å². The van der Waals surface area contributed by atoms with E-state index in [9.17, 15) is 4.79 Å². The number of benzene rings is 1. The average Bonchev–Trinajstić information content (AvgIpc) is 2.87. The highest BCUT2D eigenvalue weighted by atomic mass is 16.1. The third kappa shape index (κ3) is 1.85. The number of fused-ring (bicyclic) bond motifs is 1. The minimum atomic E-state index is -0.460. The third-order valence-corrected chi connectivity index (χ3v) is 2.74. The van der Waals surface area contributed by atoms with E-state index < -0.39 is 5.91 Å². The normalized spacial score (nSPS) is 16.7. The van der Waals surface area contributed by atoms with Gasteiger partial charge in [-0.3, -0.25) is 4.79 Å². The molecule has 0 atom stereocenters. The van der Waals surface area contributed by atoms with E-state index in [1.165, 1.54) is 0 Å². The average molecular weight is 254 g/mol. The van der Waals surface area contributed by atoms with Crippen LogP contribution < -0.4 is 4.90 Å². The lowest BCUT2D eigenvalue weighted by Crippen LogP contribution is -2.26. The Morgan fingerprint density at radius 2 is 1.84 bits per heavy atom. The van der Waals surface area contributed by atoms with Gasteiger partial charge in [0.2, 0.25) is 11.5 Å². The van der Waals surface area contributed by atoms with E-state index in [0.717, 1.165) is 11.3 Å². The maximum Gasteiger partial charge on any atom is 0.303 e. The second-order valence-corrected chi connectivity index (χ2v) is 4.23. The van der Waals surface area contributed by atoms with Gasteiger partial charge in [-0.25, -0.2) is 4.99 Å². The molecule has 2 aliphatic rings. The highest BCUT2D eigenvalue weighted by Crippen LogP contribution is 2.21. The smallest absolute Gasteiger partial charge is 0.303 e. The Morgan fingerprint density at radius 3 is 2.63 bits per heavy atom. The molecule has 0 spiro atoms. The predicted molar refractivity (Wildman–Crippen MR) is 72.0 cm³/mol. The highest BCUT2D eigenvalue weighted by Gasteiger charge is 2.28. The highest BCUT2D eigenvalue weighted by molar-refractivity contribution is 6.69. The summed E-state index contributed by atoms with van der Waals surface area (Å²) < 4.78 is 0. The molecule has 94 valence electrons. The summed E-state index contributed by atoms with van der Waals surface area (Å²) in [4.78, 5) is 21.9. The fraction of sp³-hybridized carbons (Fsp3) is 0.167. The molecule has 0 fully saturated rings. The summed E-state index contributed by atoms with van der Waals surface area (Å²) in [7, 11) is 3.83. The van der Waals surface area contributed by atoms with Crippen LogP contribution in [0.25, 0.3) is 0 Å². The molecular weight excluding hydrogens is 244 g/mol. The Morgan fingerprint density at radius 1 is 1.05 bits per heavy atom. The topological polar surface area (TPSA) is 82.1 Å². The minimum Gasteiger partial charge on any atom is -0.377 e. The number of amidine groups is 2. The van der Waals surface area contributed by atoms with Gasteiger partial charge in [0.15, 0.2) is 5.84 Å². The molecule has 0 N–H and O–H groups in total. The van der Waals surface area contributed by atoms with Crippen molar-refractivity contribution >= 4 is 29.0 Å². The zero-order valence-electron chi connectivity index (χ0n) is 10.4. The number of rotatable bonds is 2. The van der Waals surface area contributed by atoms with Crippen molar-refractivity contribution in [2.24, 2.45) is 25.4 Å². The van der Waals surface area contributed by atoms with Gasteiger partial charge < -0.3 is 4.90 Å². The van der Waals surface area contributed by atoms with Crippen LogP contribution in [0, 0.1) is 0 Å². The van der Waals surface area contributed by atoms with Crippen LogP contribution in [0.3, 0.4) is 0 Å². The van der Waals surface area contributed by atoms with E-state index in [1.54, 1.807) is 0 Å². The van der Waals surface area contributed by atoms with Crippen LogP contribution in [0.1, 0.15) is 5.56 Å². The molecule has 0 unspecified atom stereocenters. The van der Waals surface area contributed by atoms with Crippen LogP contribution in [0.2, 0.25) is 0 Å². The number of carbonyl (C=O) groups is 1. The van der Waals surface area contributed by atoms with Gasteiger partial charge in [0, 0.05) is 25.3 Å². The number of para-hydroxylation sites is 1. The van der Waals surface area contributed by atoms with E-state index in [-0.39, 0.29) is 11.5 Å². The summed E-state index contributed by atoms with van der Waals surface area (Å²) in [5.41, 5.74) is 1.80. The Balaban J connectivity index is 2.12. The molecule has 0 aliphatic carbocycles. The van der Waals surface area contributed by atoms with Crippen LogP contribution >= 0.6 is 0 Å². The Labute approximate surface area is 109 Å². The largest absolute Gasteiger partial charge is 0.377 e. The van der Waals surface area contributed by atoms with Gasteiger partial charge in [-0.15, -0.1) is 10.2 Å². The summed E-state index contributed by atoms with van der Waals surface area (Å²) >= 11 is 0. The molecular formula is C12H10N6O. The molecule has 1 amide bonds. The quantitative estimate of drug-likeness (QED) is 0.796. The number of amides is 1. The molecule has 0 radical (unpaired) electrons. The summed E-state index contributed by atoms with van der Waals surface area (Å²) in [5.74, 6) is 0.103. The molecule has 0 saturated heterocycles. The molecule has 0 saturated carbocycles. The van der Waals surface area contributed by atoms with Gasteiger partial charge in [-0.05, 0) is 17.4 Å². The second kappa shape index (κ2) is 4.20. The fourth-order valence-electron chi connectivity index (χ4n) is 1.86. The third-order valence-electron chi connectivity index (χ3n) is 2.74. The molecule has 7 nitrogen and oxygen atoms in total. The number of hydrogen-bond acceptors (Lipinski definition) is 6. The van der Waals surface area contributed by atoms with Crippen molar-refractivity contribution < 1.29 is 4.79 Å². The van der Waals surface area contributed by atoms with Crippen LogP contribution in [-0.2, 0) is 4.79 Å². The van der Waals surface area contributed by atoms with Crippen molar-refractivity contribution in [3.63, 3.8) is 0 Å². The van der Waals surface area contributed by atoms with E-state index >= 15 is 0 Å². The van der Waals surface area contributed by atoms with Gasteiger partial charge in [0.05, 0.1) is 0 Å². The zero-order chi connectivity index (χ0) is 13.4.